The lowest BCUT2D eigenvalue weighted by molar-refractivity contribution is 1.02. The van der Waals surface area contributed by atoms with Crippen molar-refractivity contribution in [2.75, 3.05) is 5.32 Å². The van der Waals surface area contributed by atoms with E-state index in [4.69, 9.17) is 0 Å². The first-order valence-corrected chi connectivity index (χ1v) is 5.25. The van der Waals surface area contributed by atoms with Crippen molar-refractivity contribution in [3.8, 4) is 0 Å². The summed E-state index contributed by atoms with van der Waals surface area (Å²) in [4.78, 5) is 15.2. The average Bonchev–Trinajstić information content (AvgIpc) is 2.63. The van der Waals surface area contributed by atoms with Crippen LogP contribution in [0.1, 0.15) is 11.4 Å². The Balaban J connectivity index is 2.06. The van der Waals surface area contributed by atoms with Crippen LogP contribution in [0.2, 0.25) is 0 Å². The van der Waals surface area contributed by atoms with Gasteiger partial charge in [0, 0.05) is 11.9 Å². The zero-order chi connectivity index (χ0) is 10.7. The summed E-state index contributed by atoms with van der Waals surface area (Å²) in [5.41, 5.74) is 2.05. The molecule has 2 rings (SSSR count). The van der Waals surface area contributed by atoms with Gasteiger partial charge in [-0.1, -0.05) is 0 Å². The van der Waals surface area contributed by atoms with Crippen molar-refractivity contribution in [1.82, 2.24) is 19.9 Å². The molecule has 0 saturated heterocycles. The van der Waals surface area contributed by atoms with Gasteiger partial charge in [-0.3, -0.25) is 0 Å². The van der Waals surface area contributed by atoms with E-state index in [1.165, 1.54) is 6.33 Å². The van der Waals surface area contributed by atoms with Crippen molar-refractivity contribution in [3.05, 3.63) is 34.7 Å². The molecule has 15 heavy (non-hydrogen) atoms. The van der Waals surface area contributed by atoms with Gasteiger partial charge in [-0.15, -0.1) is 0 Å². The van der Waals surface area contributed by atoms with Crippen molar-refractivity contribution >= 4 is 21.7 Å². The van der Waals surface area contributed by atoms with E-state index in [0.717, 1.165) is 21.7 Å². The maximum absolute atomic E-state index is 4.18. The predicted octanol–water partition coefficient (Wildman–Crippen LogP) is 1.88. The van der Waals surface area contributed by atoms with Gasteiger partial charge < -0.3 is 10.3 Å². The maximum Gasteiger partial charge on any atom is 0.144 e. The zero-order valence-electron chi connectivity index (χ0n) is 8.16. The number of imidazole rings is 1. The highest BCUT2D eigenvalue weighted by Gasteiger charge is 2.03. The number of H-pyrrole nitrogens is 1. The summed E-state index contributed by atoms with van der Waals surface area (Å²) in [6.07, 6.45) is 4.89. The SMILES string of the molecule is Cc1[nH]cnc1CNc1ncncc1Br. The van der Waals surface area contributed by atoms with Crippen LogP contribution < -0.4 is 5.32 Å². The fourth-order valence-corrected chi connectivity index (χ4v) is 1.54. The summed E-state index contributed by atoms with van der Waals surface area (Å²) >= 11 is 3.36. The Morgan fingerprint density at radius 1 is 1.47 bits per heavy atom. The minimum atomic E-state index is 0.644. The second kappa shape index (κ2) is 4.39. The lowest BCUT2D eigenvalue weighted by Gasteiger charge is -2.05. The number of hydrogen-bond donors (Lipinski definition) is 2. The second-order valence-electron chi connectivity index (χ2n) is 3.05. The lowest BCUT2D eigenvalue weighted by Crippen LogP contribution is -2.03. The number of halogens is 1. The molecule has 0 fully saturated rings. The van der Waals surface area contributed by atoms with Gasteiger partial charge in [-0.2, -0.15) is 0 Å². The van der Waals surface area contributed by atoms with Crippen LogP contribution >= 0.6 is 15.9 Å². The highest BCUT2D eigenvalue weighted by Crippen LogP contribution is 2.17. The van der Waals surface area contributed by atoms with Gasteiger partial charge in [0.2, 0.25) is 0 Å². The molecule has 0 atom stereocenters. The Hall–Kier alpha value is -1.43. The fourth-order valence-electron chi connectivity index (χ4n) is 1.18. The van der Waals surface area contributed by atoms with Crippen LogP contribution in [0.3, 0.4) is 0 Å². The Kier molecular flexibility index (Phi) is 2.96. The molecule has 2 aromatic heterocycles. The first-order chi connectivity index (χ1) is 7.27. The molecular formula is C9H10BrN5. The van der Waals surface area contributed by atoms with E-state index in [2.05, 4.69) is 41.2 Å². The molecule has 2 N–H and O–H groups in total. The van der Waals surface area contributed by atoms with Crippen molar-refractivity contribution < 1.29 is 0 Å². The van der Waals surface area contributed by atoms with Gasteiger partial charge in [-0.05, 0) is 22.9 Å². The molecule has 0 amide bonds. The molecule has 0 aliphatic rings. The van der Waals surface area contributed by atoms with E-state index in [9.17, 15) is 0 Å². The van der Waals surface area contributed by atoms with Gasteiger partial charge in [0.1, 0.15) is 12.1 Å². The van der Waals surface area contributed by atoms with E-state index < -0.39 is 0 Å². The van der Waals surface area contributed by atoms with Crippen molar-refractivity contribution in [1.29, 1.82) is 0 Å². The number of aromatic nitrogens is 4. The van der Waals surface area contributed by atoms with E-state index in [1.54, 1.807) is 12.5 Å². The molecule has 0 aromatic carbocycles. The van der Waals surface area contributed by atoms with Gasteiger partial charge in [0.05, 0.1) is 23.0 Å². The molecule has 0 radical (unpaired) electrons. The first-order valence-electron chi connectivity index (χ1n) is 4.45. The standard InChI is InChI=1S/C9H10BrN5/c1-6-8(14-5-13-6)3-12-9-7(10)2-11-4-15-9/h2,4-5H,3H2,1H3,(H,13,14)(H,11,12,15). The minimum Gasteiger partial charge on any atom is -0.363 e. The van der Waals surface area contributed by atoms with Crippen LogP contribution in [-0.2, 0) is 6.54 Å². The van der Waals surface area contributed by atoms with Gasteiger partial charge in [-0.25, -0.2) is 15.0 Å². The molecule has 0 aliphatic heterocycles. The lowest BCUT2D eigenvalue weighted by atomic mass is 10.3. The summed E-state index contributed by atoms with van der Waals surface area (Å²) in [5.74, 6) is 0.771. The molecule has 0 saturated carbocycles. The van der Waals surface area contributed by atoms with Crippen LogP contribution in [0, 0.1) is 6.92 Å². The van der Waals surface area contributed by atoms with Gasteiger partial charge in [0.25, 0.3) is 0 Å². The van der Waals surface area contributed by atoms with Crippen molar-refractivity contribution in [3.63, 3.8) is 0 Å². The first kappa shape index (κ1) is 10.1. The number of nitrogens with zero attached hydrogens (tertiary/aromatic N) is 3. The molecule has 0 bridgehead atoms. The molecule has 78 valence electrons. The van der Waals surface area contributed by atoms with Gasteiger partial charge >= 0.3 is 0 Å². The Morgan fingerprint density at radius 2 is 2.33 bits per heavy atom. The smallest absolute Gasteiger partial charge is 0.144 e. The highest BCUT2D eigenvalue weighted by atomic mass is 79.9. The summed E-state index contributed by atoms with van der Waals surface area (Å²) in [6, 6.07) is 0. The molecular weight excluding hydrogens is 258 g/mol. The van der Waals surface area contributed by atoms with E-state index in [-0.39, 0.29) is 0 Å². The quantitative estimate of drug-likeness (QED) is 0.892. The van der Waals surface area contributed by atoms with Crippen LogP contribution in [0.25, 0.3) is 0 Å². The maximum atomic E-state index is 4.18. The minimum absolute atomic E-state index is 0.644. The molecule has 6 heteroatoms. The summed E-state index contributed by atoms with van der Waals surface area (Å²) < 4.78 is 0.846. The molecule has 2 heterocycles. The highest BCUT2D eigenvalue weighted by molar-refractivity contribution is 9.10. The Labute approximate surface area is 95.5 Å². The van der Waals surface area contributed by atoms with Gasteiger partial charge in [0.15, 0.2) is 0 Å². The molecule has 2 aromatic rings. The fraction of sp³-hybridized carbons (Fsp3) is 0.222. The number of aromatic amines is 1. The average molecular weight is 268 g/mol. The molecule has 0 aliphatic carbocycles. The topological polar surface area (TPSA) is 66.5 Å². The van der Waals surface area contributed by atoms with Crippen LogP contribution in [-0.4, -0.2) is 19.9 Å². The monoisotopic (exact) mass is 267 g/mol. The third kappa shape index (κ3) is 2.33. The number of hydrogen-bond acceptors (Lipinski definition) is 4. The predicted molar refractivity (Wildman–Crippen MR) is 60.4 cm³/mol. The van der Waals surface area contributed by atoms with Crippen LogP contribution in [0.5, 0.6) is 0 Å². The summed E-state index contributed by atoms with van der Waals surface area (Å²) in [5, 5.41) is 3.18. The zero-order valence-corrected chi connectivity index (χ0v) is 9.74. The van der Waals surface area contributed by atoms with E-state index in [0.29, 0.717) is 6.54 Å². The number of aryl methyl sites for hydroxylation is 1. The van der Waals surface area contributed by atoms with Crippen LogP contribution in [0.15, 0.2) is 23.3 Å². The van der Waals surface area contributed by atoms with E-state index >= 15 is 0 Å². The third-order valence-corrected chi connectivity index (χ3v) is 2.61. The number of rotatable bonds is 3. The normalized spacial score (nSPS) is 10.3. The van der Waals surface area contributed by atoms with Crippen molar-refractivity contribution in [2.24, 2.45) is 0 Å². The molecule has 5 nitrogen and oxygen atoms in total. The largest absolute Gasteiger partial charge is 0.363 e. The third-order valence-electron chi connectivity index (χ3n) is 2.03. The number of nitrogens with one attached hydrogen (secondary N) is 2. The molecule has 0 unspecified atom stereocenters. The second-order valence-corrected chi connectivity index (χ2v) is 3.90. The summed E-state index contributed by atoms with van der Waals surface area (Å²) in [6.45, 7) is 2.63. The van der Waals surface area contributed by atoms with Crippen molar-refractivity contribution in [2.45, 2.75) is 13.5 Å². The van der Waals surface area contributed by atoms with Crippen LogP contribution in [0.4, 0.5) is 5.82 Å². The summed E-state index contributed by atoms with van der Waals surface area (Å²) in [7, 11) is 0. The van der Waals surface area contributed by atoms with E-state index in [1.807, 2.05) is 6.92 Å². The Morgan fingerprint density at radius 3 is 3.00 bits per heavy atom. The molecule has 0 spiro atoms. The number of anilines is 1. The Bertz CT molecular complexity index is 453.